The first-order valence-electron chi connectivity index (χ1n) is 6.24. The van der Waals surface area contributed by atoms with Gasteiger partial charge in [-0.3, -0.25) is 4.98 Å². The molecule has 3 aromatic rings. The molecule has 0 atom stereocenters. The van der Waals surface area contributed by atoms with E-state index < -0.39 is 0 Å². The summed E-state index contributed by atoms with van der Waals surface area (Å²) in [5.41, 5.74) is 8.57. The molecule has 20 heavy (non-hydrogen) atoms. The molecule has 0 fully saturated rings. The van der Waals surface area contributed by atoms with Crippen LogP contribution in [0.2, 0.25) is 0 Å². The minimum absolute atomic E-state index is 0.442. The summed E-state index contributed by atoms with van der Waals surface area (Å²) in [6.45, 7) is 0.442. The number of pyridine rings is 1. The van der Waals surface area contributed by atoms with Gasteiger partial charge in [0.2, 0.25) is 0 Å². The lowest BCUT2D eigenvalue weighted by molar-refractivity contribution is 0.307. The highest BCUT2D eigenvalue weighted by Crippen LogP contribution is 2.22. The zero-order chi connectivity index (χ0) is 13.9. The maximum absolute atomic E-state index is 5.95. The summed E-state index contributed by atoms with van der Waals surface area (Å²) in [5, 5.41) is 1.10. The van der Waals surface area contributed by atoms with E-state index in [0.29, 0.717) is 6.61 Å². The van der Waals surface area contributed by atoms with E-state index in [1.165, 1.54) is 0 Å². The Balaban J connectivity index is 1.79. The number of hydrogen-bond donors (Lipinski definition) is 1. The number of aromatic nitrogens is 1. The van der Waals surface area contributed by atoms with Crippen LogP contribution in [0.4, 0.5) is 5.69 Å². The Morgan fingerprint density at radius 1 is 1.10 bits per heavy atom. The van der Waals surface area contributed by atoms with Crippen molar-refractivity contribution in [1.29, 1.82) is 0 Å². The molecule has 1 aromatic heterocycles. The zero-order valence-corrected chi connectivity index (χ0v) is 12.3. The summed E-state index contributed by atoms with van der Waals surface area (Å²) in [5.74, 6) is 0.790. The number of benzene rings is 2. The van der Waals surface area contributed by atoms with Crippen LogP contribution in [-0.4, -0.2) is 4.98 Å². The third-order valence-electron chi connectivity index (χ3n) is 3.08. The predicted molar refractivity (Wildman–Crippen MR) is 84.6 cm³/mol. The molecule has 100 valence electrons. The van der Waals surface area contributed by atoms with Crippen LogP contribution in [0, 0.1) is 0 Å². The quantitative estimate of drug-likeness (QED) is 0.734. The van der Waals surface area contributed by atoms with Crippen molar-refractivity contribution in [3.63, 3.8) is 0 Å². The molecule has 3 rings (SSSR count). The van der Waals surface area contributed by atoms with Crippen LogP contribution < -0.4 is 10.5 Å². The van der Waals surface area contributed by atoms with Crippen molar-refractivity contribution in [3.8, 4) is 5.75 Å². The molecule has 3 nitrogen and oxygen atoms in total. The Morgan fingerprint density at radius 2 is 2.00 bits per heavy atom. The maximum atomic E-state index is 5.95. The lowest BCUT2D eigenvalue weighted by atomic mass is 10.2. The molecule has 0 aliphatic heterocycles. The van der Waals surface area contributed by atoms with E-state index in [-0.39, 0.29) is 0 Å². The molecule has 0 aliphatic rings. The van der Waals surface area contributed by atoms with E-state index in [1.807, 2.05) is 48.5 Å². The summed E-state index contributed by atoms with van der Waals surface area (Å²) in [6, 6.07) is 15.6. The van der Waals surface area contributed by atoms with E-state index in [9.17, 15) is 0 Å². The molecule has 0 unspecified atom stereocenters. The molecular formula is C16H13BrN2O. The van der Waals surface area contributed by atoms with Crippen LogP contribution in [0.25, 0.3) is 10.9 Å². The van der Waals surface area contributed by atoms with Gasteiger partial charge < -0.3 is 10.5 Å². The molecule has 2 N–H and O–H groups in total. The van der Waals surface area contributed by atoms with Gasteiger partial charge in [-0.05, 0) is 30.3 Å². The fourth-order valence-electron chi connectivity index (χ4n) is 1.99. The normalized spacial score (nSPS) is 10.7. The third kappa shape index (κ3) is 2.75. The largest absolute Gasteiger partial charge is 0.489 e. The Bertz CT molecular complexity index is 758. The summed E-state index contributed by atoms with van der Waals surface area (Å²) in [6.07, 6.45) is 1.78. The Hall–Kier alpha value is -2.07. The average molecular weight is 329 g/mol. The van der Waals surface area contributed by atoms with Crippen LogP contribution in [0.1, 0.15) is 5.56 Å². The molecular weight excluding hydrogens is 316 g/mol. The van der Waals surface area contributed by atoms with E-state index >= 15 is 0 Å². The van der Waals surface area contributed by atoms with Gasteiger partial charge in [-0.2, -0.15) is 0 Å². The number of hydrogen-bond acceptors (Lipinski definition) is 3. The highest BCUT2D eigenvalue weighted by atomic mass is 79.9. The van der Waals surface area contributed by atoms with Crippen molar-refractivity contribution in [2.24, 2.45) is 0 Å². The monoisotopic (exact) mass is 328 g/mol. The number of fused-ring (bicyclic) bond motifs is 1. The first-order chi connectivity index (χ1) is 9.72. The fourth-order valence-corrected chi connectivity index (χ4v) is 2.37. The zero-order valence-electron chi connectivity index (χ0n) is 10.7. The number of nitrogens with zero attached hydrogens (tertiary/aromatic N) is 1. The van der Waals surface area contributed by atoms with Gasteiger partial charge in [0.05, 0.1) is 5.52 Å². The highest BCUT2D eigenvalue weighted by molar-refractivity contribution is 9.10. The minimum Gasteiger partial charge on any atom is -0.489 e. The molecule has 0 saturated heterocycles. The second kappa shape index (κ2) is 5.51. The summed E-state index contributed by atoms with van der Waals surface area (Å²) >= 11 is 3.39. The lowest BCUT2D eigenvalue weighted by Crippen LogP contribution is -2.00. The van der Waals surface area contributed by atoms with Crippen molar-refractivity contribution < 1.29 is 4.74 Å². The molecule has 0 spiro atoms. The first-order valence-corrected chi connectivity index (χ1v) is 7.03. The van der Waals surface area contributed by atoms with Crippen LogP contribution in [0.3, 0.4) is 0 Å². The first kappa shape index (κ1) is 12.9. The Kier molecular flexibility index (Phi) is 3.56. The van der Waals surface area contributed by atoms with Gasteiger partial charge in [0.1, 0.15) is 12.4 Å². The van der Waals surface area contributed by atoms with Gasteiger partial charge >= 0.3 is 0 Å². The van der Waals surface area contributed by atoms with Gasteiger partial charge in [-0.15, -0.1) is 0 Å². The summed E-state index contributed by atoms with van der Waals surface area (Å²) in [7, 11) is 0. The van der Waals surface area contributed by atoms with E-state index in [2.05, 4.69) is 20.9 Å². The van der Waals surface area contributed by atoms with Gasteiger partial charge in [0.15, 0.2) is 0 Å². The third-order valence-corrected chi connectivity index (χ3v) is 3.57. The van der Waals surface area contributed by atoms with E-state index in [1.54, 1.807) is 6.20 Å². The fraction of sp³-hybridized carbons (Fsp3) is 0.0625. The summed E-state index contributed by atoms with van der Waals surface area (Å²) < 4.78 is 6.75. The highest BCUT2D eigenvalue weighted by Gasteiger charge is 2.02. The number of anilines is 1. The SMILES string of the molecule is Nc1cc(Br)ccc1COc1ccc2cccnc2c1. The van der Waals surface area contributed by atoms with Crippen molar-refractivity contribution in [2.75, 3.05) is 5.73 Å². The number of ether oxygens (including phenoxy) is 1. The molecule has 0 aliphatic carbocycles. The van der Waals surface area contributed by atoms with Gasteiger partial charge in [-0.25, -0.2) is 0 Å². The Morgan fingerprint density at radius 3 is 2.85 bits per heavy atom. The number of rotatable bonds is 3. The number of nitrogen functional groups attached to an aromatic ring is 1. The molecule has 0 radical (unpaired) electrons. The second-order valence-corrected chi connectivity index (χ2v) is 5.41. The minimum atomic E-state index is 0.442. The van der Waals surface area contributed by atoms with Gasteiger partial charge in [0, 0.05) is 33.4 Å². The molecule has 0 saturated carbocycles. The average Bonchev–Trinajstić information content (AvgIpc) is 2.46. The van der Waals surface area contributed by atoms with Crippen LogP contribution in [0.5, 0.6) is 5.75 Å². The molecule has 0 amide bonds. The van der Waals surface area contributed by atoms with Crippen LogP contribution in [-0.2, 0) is 6.61 Å². The lowest BCUT2D eigenvalue weighted by Gasteiger charge is -2.09. The van der Waals surface area contributed by atoms with Crippen molar-refractivity contribution in [3.05, 3.63) is 64.8 Å². The second-order valence-electron chi connectivity index (χ2n) is 4.49. The van der Waals surface area contributed by atoms with E-state index in [4.69, 9.17) is 10.5 Å². The van der Waals surface area contributed by atoms with Gasteiger partial charge in [0.25, 0.3) is 0 Å². The predicted octanol–water partition coefficient (Wildman–Crippen LogP) is 4.16. The summed E-state index contributed by atoms with van der Waals surface area (Å²) in [4.78, 5) is 4.32. The maximum Gasteiger partial charge on any atom is 0.122 e. The van der Waals surface area contributed by atoms with E-state index in [0.717, 1.165) is 32.4 Å². The van der Waals surface area contributed by atoms with Crippen molar-refractivity contribution >= 4 is 32.5 Å². The topological polar surface area (TPSA) is 48.1 Å². The van der Waals surface area contributed by atoms with Gasteiger partial charge in [-0.1, -0.05) is 28.1 Å². The number of halogens is 1. The molecule has 4 heteroatoms. The standard InChI is InChI=1S/C16H13BrN2O/c17-13-5-3-12(15(18)8-13)10-20-14-6-4-11-2-1-7-19-16(11)9-14/h1-9H,10,18H2. The number of nitrogens with two attached hydrogens (primary N) is 1. The molecule has 1 heterocycles. The Labute approximate surface area is 125 Å². The molecule has 2 aromatic carbocycles. The smallest absolute Gasteiger partial charge is 0.122 e. The van der Waals surface area contributed by atoms with Crippen LogP contribution in [0.15, 0.2) is 59.2 Å². The van der Waals surface area contributed by atoms with Crippen molar-refractivity contribution in [1.82, 2.24) is 4.98 Å². The molecule has 0 bridgehead atoms. The van der Waals surface area contributed by atoms with Crippen LogP contribution >= 0.6 is 15.9 Å². The van der Waals surface area contributed by atoms with Crippen molar-refractivity contribution in [2.45, 2.75) is 6.61 Å².